The number of aliphatic carboxylic acids is 1. The van der Waals surface area contributed by atoms with E-state index in [2.05, 4.69) is 0 Å². The molecule has 84 valence electrons. The molecule has 0 saturated heterocycles. The lowest BCUT2D eigenvalue weighted by molar-refractivity contribution is -0.201. The average Bonchev–Trinajstić information content (AvgIpc) is 1.79. The molecule has 14 heavy (non-hydrogen) atoms. The van der Waals surface area contributed by atoms with E-state index in [0.717, 1.165) is 4.72 Å². The first-order valence-electron chi connectivity index (χ1n) is 3.19. The molecule has 9 heteroatoms. The number of sulfonamides is 1. The van der Waals surface area contributed by atoms with Crippen molar-refractivity contribution in [2.45, 2.75) is 18.6 Å². The van der Waals surface area contributed by atoms with Crippen LogP contribution >= 0.6 is 0 Å². The van der Waals surface area contributed by atoms with Gasteiger partial charge < -0.3 is 5.11 Å². The Morgan fingerprint density at radius 1 is 1.36 bits per heavy atom. The van der Waals surface area contributed by atoms with E-state index in [9.17, 15) is 26.4 Å². The number of hydrogen-bond donors (Lipinski definition) is 2. The highest BCUT2D eigenvalue weighted by molar-refractivity contribution is 7.88. The van der Waals surface area contributed by atoms with Crippen LogP contribution in [0.4, 0.5) is 13.2 Å². The molecule has 5 nitrogen and oxygen atoms in total. The van der Waals surface area contributed by atoms with Gasteiger partial charge in [0.05, 0.1) is 6.26 Å². The minimum atomic E-state index is -5.21. The molecule has 1 atom stereocenters. The fourth-order valence-corrected chi connectivity index (χ4v) is 1.54. The predicted octanol–water partition coefficient (Wildman–Crippen LogP) is -0.0588. The lowest BCUT2D eigenvalue weighted by Crippen LogP contribution is -2.61. The van der Waals surface area contributed by atoms with Crippen LogP contribution in [0.3, 0.4) is 0 Å². The molecule has 0 aliphatic heterocycles. The van der Waals surface area contributed by atoms with E-state index in [0.29, 0.717) is 6.26 Å². The first-order valence-corrected chi connectivity index (χ1v) is 5.08. The molecule has 0 aromatic heterocycles. The van der Waals surface area contributed by atoms with E-state index >= 15 is 0 Å². The molecule has 0 aliphatic rings. The summed E-state index contributed by atoms with van der Waals surface area (Å²) in [5, 5.41) is 8.28. The number of carboxylic acids is 1. The van der Waals surface area contributed by atoms with Crippen LogP contribution < -0.4 is 4.72 Å². The van der Waals surface area contributed by atoms with Crippen molar-refractivity contribution >= 4 is 16.0 Å². The predicted molar refractivity (Wildman–Crippen MR) is 40.1 cm³/mol. The van der Waals surface area contributed by atoms with Gasteiger partial charge in [-0.2, -0.15) is 17.9 Å². The van der Waals surface area contributed by atoms with Crippen molar-refractivity contribution in [1.82, 2.24) is 4.72 Å². The Hall–Kier alpha value is -0.830. The monoisotopic (exact) mass is 235 g/mol. The number of rotatable bonds is 3. The molecule has 0 aliphatic carbocycles. The number of carboxylic acid groups (broad SMARTS) is 1. The summed E-state index contributed by atoms with van der Waals surface area (Å²) in [6.45, 7) is 0.233. The van der Waals surface area contributed by atoms with Crippen LogP contribution in [0.15, 0.2) is 0 Å². The third kappa shape index (κ3) is 2.84. The highest BCUT2D eigenvalue weighted by Crippen LogP contribution is 2.30. The highest BCUT2D eigenvalue weighted by Gasteiger charge is 2.59. The Morgan fingerprint density at radius 2 is 1.71 bits per heavy atom. The molecular formula is C5H8F3NO4S. The summed E-state index contributed by atoms with van der Waals surface area (Å²) in [6, 6.07) is 0. The number of hydrogen-bond acceptors (Lipinski definition) is 3. The minimum absolute atomic E-state index is 0.233. The molecule has 1 unspecified atom stereocenters. The first kappa shape index (κ1) is 13.2. The minimum Gasteiger partial charge on any atom is -0.480 e. The summed E-state index contributed by atoms with van der Waals surface area (Å²) in [7, 11) is -4.26. The molecule has 0 aromatic rings. The van der Waals surface area contributed by atoms with Crippen molar-refractivity contribution in [1.29, 1.82) is 0 Å². The van der Waals surface area contributed by atoms with Gasteiger partial charge in [0, 0.05) is 0 Å². The summed E-state index contributed by atoms with van der Waals surface area (Å²) >= 11 is 0. The molecule has 2 N–H and O–H groups in total. The Kier molecular flexibility index (Phi) is 3.19. The van der Waals surface area contributed by atoms with E-state index < -0.39 is 27.7 Å². The van der Waals surface area contributed by atoms with Gasteiger partial charge in [-0.15, -0.1) is 0 Å². The lowest BCUT2D eigenvalue weighted by atomic mass is 10.0. The second kappa shape index (κ2) is 3.39. The number of nitrogens with one attached hydrogen (secondary N) is 1. The molecule has 0 heterocycles. The summed E-state index contributed by atoms with van der Waals surface area (Å²) in [5.74, 6) is -2.31. The summed E-state index contributed by atoms with van der Waals surface area (Å²) < 4.78 is 58.6. The van der Waals surface area contributed by atoms with Crippen LogP contribution in [0.1, 0.15) is 6.92 Å². The quantitative estimate of drug-likeness (QED) is 0.717. The first-order chi connectivity index (χ1) is 5.90. The van der Waals surface area contributed by atoms with Crippen molar-refractivity contribution in [3.63, 3.8) is 0 Å². The Labute approximate surface area is 78.0 Å². The van der Waals surface area contributed by atoms with Gasteiger partial charge in [-0.3, -0.25) is 0 Å². The fraction of sp³-hybridized carbons (Fsp3) is 0.800. The SMILES string of the molecule is CC(NS(C)(=O)=O)(C(=O)O)C(F)(F)F. The van der Waals surface area contributed by atoms with Gasteiger partial charge in [-0.1, -0.05) is 0 Å². The highest BCUT2D eigenvalue weighted by atomic mass is 32.2. The van der Waals surface area contributed by atoms with E-state index in [1.807, 2.05) is 0 Å². The molecule has 0 rings (SSSR count). The largest absolute Gasteiger partial charge is 0.480 e. The standard InChI is InChI=1S/C5H8F3NO4S/c1-4(3(10)11,5(6,7)8)9-14(2,12)13/h9H,1-2H3,(H,10,11). The van der Waals surface area contributed by atoms with Crippen LogP contribution in [0, 0.1) is 0 Å². The molecule has 0 spiro atoms. The van der Waals surface area contributed by atoms with Gasteiger partial charge in [0.2, 0.25) is 15.6 Å². The van der Waals surface area contributed by atoms with Gasteiger partial charge in [0.15, 0.2) is 0 Å². The maximum atomic E-state index is 12.2. The van der Waals surface area contributed by atoms with E-state index in [1.54, 1.807) is 0 Å². The number of carbonyl (C=O) groups is 1. The number of halogens is 3. The zero-order valence-electron chi connectivity index (χ0n) is 7.21. The molecule has 0 fully saturated rings. The fourth-order valence-electron chi connectivity index (χ4n) is 0.594. The van der Waals surface area contributed by atoms with E-state index in [-0.39, 0.29) is 6.92 Å². The second-order valence-electron chi connectivity index (χ2n) is 2.80. The summed E-state index contributed by atoms with van der Waals surface area (Å²) in [6.07, 6.45) is -4.76. The molecule has 0 amide bonds. The van der Waals surface area contributed by atoms with Gasteiger partial charge in [-0.25, -0.2) is 13.2 Å². The molecule has 0 saturated carbocycles. The van der Waals surface area contributed by atoms with Crippen LogP contribution in [0.25, 0.3) is 0 Å². The van der Waals surface area contributed by atoms with Gasteiger partial charge >= 0.3 is 12.1 Å². The van der Waals surface area contributed by atoms with Crippen LogP contribution in [0.2, 0.25) is 0 Å². The topological polar surface area (TPSA) is 83.5 Å². The Bertz CT molecular complexity index is 335. The Balaban J connectivity index is 5.25. The number of alkyl halides is 3. The van der Waals surface area contributed by atoms with Crippen LogP contribution in [-0.2, 0) is 14.8 Å². The molecular weight excluding hydrogens is 227 g/mol. The van der Waals surface area contributed by atoms with Crippen molar-refractivity contribution in [2.75, 3.05) is 6.26 Å². The van der Waals surface area contributed by atoms with Crippen molar-refractivity contribution in [3.8, 4) is 0 Å². The van der Waals surface area contributed by atoms with Crippen molar-refractivity contribution in [2.24, 2.45) is 0 Å². The summed E-state index contributed by atoms with van der Waals surface area (Å²) in [5.41, 5.74) is -3.50. The van der Waals surface area contributed by atoms with Crippen LogP contribution in [-0.4, -0.2) is 37.5 Å². The third-order valence-electron chi connectivity index (χ3n) is 1.38. The van der Waals surface area contributed by atoms with Gasteiger partial charge in [-0.05, 0) is 6.92 Å². The third-order valence-corrected chi connectivity index (χ3v) is 2.16. The molecule has 0 radical (unpaired) electrons. The van der Waals surface area contributed by atoms with E-state index in [1.165, 1.54) is 0 Å². The smallest absolute Gasteiger partial charge is 0.418 e. The average molecular weight is 235 g/mol. The van der Waals surface area contributed by atoms with Crippen molar-refractivity contribution < 1.29 is 31.5 Å². The molecule has 0 bridgehead atoms. The second-order valence-corrected chi connectivity index (χ2v) is 4.55. The van der Waals surface area contributed by atoms with Crippen LogP contribution in [0.5, 0.6) is 0 Å². The summed E-state index contributed by atoms with van der Waals surface area (Å²) in [4.78, 5) is 10.3. The molecule has 0 aromatic carbocycles. The van der Waals surface area contributed by atoms with E-state index in [4.69, 9.17) is 5.11 Å². The maximum Gasteiger partial charge on any atom is 0.418 e. The lowest BCUT2D eigenvalue weighted by Gasteiger charge is -2.27. The van der Waals surface area contributed by atoms with Gasteiger partial charge in [0.1, 0.15) is 0 Å². The zero-order valence-corrected chi connectivity index (χ0v) is 8.03. The van der Waals surface area contributed by atoms with Crippen molar-refractivity contribution in [3.05, 3.63) is 0 Å². The Morgan fingerprint density at radius 3 is 1.79 bits per heavy atom. The normalized spacial score (nSPS) is 17.5. The maximum absolute atomic E-state index is 12.2. The van der Waals surface area contributed by atoms with Gasteiger partial charge in [0.25, 0.3) is 0 Å². The zero-order chi connectivity index (χ0) is 11.8.